The Morgan fingerprint density at radius 3 is 2.28 bits per heavy atom. The maximum Gasteiger partial charge on any atom is 0.314 e. The fourth-order valence-corrected chi connectivity index (χ4v) is 4.91. The molecule has 2 fully saturated rings. The van der Waals surface area contributed by atoms with Crippen LogP contribution in [0.3, 0.4) is 0 Å². The highest BCUT2D eigenvalue weighted by molar-refractivity contribution is 5.76. The van der Waals surface area contributed by atoms with Gasteiger partial charge in [-0.1, -0.05) is 36.4 Å². The van der Waals surface area contributed by atoms with E-state index in [4.69, 9.17) is 9.47 Å². The normalized spacial score (nSPS) is 22.2. The van der Waals surface area contributed by atoms with E-state index in [1.165, 1.54) is 12.1 Å². The van der Waals surface area contributed by atoms with Crippen LogP contribution in [0.15, 0.2) is 54.6 Å². The third-order valence-corrected chi connectivity index (χ3v) is 7.20. The lowest BCUT2D eigenvalue weighted by atomic mass is 9.78. The number of epoxide rings is 1. The van der Waals surface area contributed by atoms with Gasteiger partial charge in [-0.3, -0.25) is 4.79 Å². The average Bonchev–Trinajstić information content (AvgIpc) is 3.72. The molecule has 1 aliphatic carbocycles. The number of esters is 1. The van der Waals surface area contributed by atoms with Crippen molar-refractivity contribution in [2.24, 2.45) is 5.92 Å². The minimum absolute atomic E-state index is 0.0384. The van der Waals surface area contributed by atoms with E-state index in [-0.39, 0.29) is 23.4 Å². The molecule has 5 rings (SSSR count). The number of rotatable bonds is 6. The summed E-state index contributed by atoms with van der Waals surface area (Å²) >= 11 is 0. The molecule has 3 aromatic carbocycles. The second-order valence-corrected chi connectivity index (χ2v) is 9.61. The lowest BCUT2D eigenvalue weighted by Crippen LogP contribution is -2.25. The molecule has 0 bridgehead atoms. The van der Waals surface area contributed by atoms with E-state index in [0.717, 1.165) is 5.56 Å². The lowest BCUT2D eigenvalue weighted by molar-refractivity contribution is -0.140. The Kier molecular flexibility index (Phi) is 6.86. The van der Waals surface area contributed by atoms with Crippen LogP contribution in [-0.4, -0.2) is 17.7 Å². The van der Waals surface area contributed by atoms with Crippen molar-refractivity contribution in [2.75, 3.05) is 6.61 Å². The van der Waals surface area contributed by atoms with Crippen LogP contribution in [0.4, 0.5) is 13.2 Å². The number of carbonyl (C=O) groups is 1. The Hall–Kier alpha value is -3.16. The zero-order valence-electron chi connectivity index (χ0n) is 19.8. The molecule has 2 unspecified atom stereocenters. The Balaban J connectivity index is 1.21. The van der Waals surface area contributed by atoms with Gasteiger partial charge in [-0.2, -0.15) is 4.39 Å². The zero-order valence-corrected chi connectivity index (χ0v) is 19.8. The molecule has 188 valence electrons. The summed E-state index contributed by atoms with van der Waals surface area (Å²) in [5, 5.41) is 9.62. The lowest BCUT2D eigenvalue weighted by Gasteiger charge is -2.27. The van der Waals surface area contributed by atoms with Gasteiger partial charge in [-0.25, -0.2) is 8.78 Å². The van der Waals surface area contributed by atoms with Gasteiger partial charge in [0.25, 0.3) is 0 Å². The number of halogens is 3. The highest BCUT2D eigenvalue weighted by Crippen LogP contribution is 2.39. The van der Waals surface area contributed by atoms with Crippen molar-refractivity contribution in [3.63, 3.8) is 0 Å². The Labute approximate surface area is 207 Å². The van der Waals surface area contributed by atoms with E-state index in [1.54, 1.807) is 43.3 Å². The van der Waals surface area contributed by atoms with Crippen molar-refractivity contribution >= 4 is 5.97 Å². The molecule has 3 aromatic rings. The number of benzene rings is 3. The van der Waals surface area contributed by atoms with Crippen LogP contribution < -0.4 is 4.74 Å². The third kappa shape index (κ3) is 5.04. The molecule has 1 aliphatic heterocycles. The SMILES string of the molecule is CC(O)c1ccc(-c2ccc(OC(=O)C3CCC(c4ccc(C5CO5)c(F)c4)CC3)c(F)c2F)cc1. The van der Waals surface area contributed by atoms with Gasteiger partial charge in [0.1, 0.15) is 11.9 Å². The first-order valence-electron chi connectivity index (χ1n) is 12.2. The molecule has 0 spiro atoms. The number of carbonyl (C=O) groups excluding carboxylic acids is 1. The monoisotopic (exact) mass is 496 g/mol. The zero-order chi connectivity index (χ0) is 25.4. The summed E-state index contributed by atoms with van der Waals surface area (Å²) in [5.41, 5.74) is 2.62. The molecule has 1 N–H and O–H groups in total. The van der Waals surface area contributed by atoms with Gasteiger partial charge >= 0.3 is 5.97 Å². The quantitative estimate of drug-likeness (QED) is 0.232. The second kappa shape index (κ2) is 10.1. The second-order valence-electron chi connectivity index (χ2n) is 9.61. The Morgan fingerprint density at radius 2 is 1.67 bits per heavy atom. The van der Waals surface area contributed by atoms with Gasteiger partial charge in [0.2, 0.25) is 5.82 Å². The summed E-state index contributed by atoms with van der Waals surface area (Å²) in [6.45, 7) is 2.17. The van der Waals surface area contributed by atoms with E-state index in [1.807, 2.05) is 6.07 Å². The van der Waals surface area contributed by atoms with Crippen molar-refractivity contribution in [3.05, 3.63) is 88.7 Å². The molecule has 0 aromatic heterocycles. The van der Waals surface area contributed by atoms with Gasteiger partial charge in [0, 0.05) is 11.1 Å². The molecule has 1 saturated heterocycles. The van der Waals surface area contributed by atoms with Gasteiger partial charge < -0.3 is 14.6 Å². The van der Waals surface area contributed by atoms with E-state index < -0.39 is 35.4 Å². The van der Waals surface area contributed by atoms with Crippen LogP contribution in [-0.2, 0) is 9.53 Å². The first kappa shape index (κ1) is 24.5. The molecule has 4 nitrogen and oxygen atoms in total. The topological polar surface area (TPSA) is 59.1 Å². The fraction of sp³-hybridized carbons (Fsp3) is 0.345. The van der Waals surface area contributed by atoms with Crippen LogP contribution in [0.5, 0.6) is 5.75 Å². The summed E-state index contributed by atoms with van der Waals surface area (Å²) < 4.78 is 54.3. The minimum Gasteiger partial charge on any atom is -0.423 e. The van der Waals surface area contributed by atoms with Crippen LogP contribution in [0.25, 0.3) is 11.1 Å². The predicted octanol–water partition coefficient (Wildman–Crippen LogP) is 6.77. The summed E-state index contributed by atoms with van der Waals surface area (Å²) in [5.74, 6) is -3.92. The van der Waals surface area contributed by atoms with Crippen molar-refractivity contribution in [1.82, 2.24) is 0 Å². The van der Waals surface area contributed by atoms with Crippen LogP contribution in [0, 0.1) is 23.4 Å². The smallest absolute Gasteiger partial charge is 0.314 e. The van der Waals surface area contributed by atoms with E-state index >= 15 is 0 Å². The maximum atomic E-state index is 14.8. The first-order valence-corrected chi connectivity index (χ1v) is 12.2. The van der Waals surface area contributed by atoms with Crippen molar-refractivity contribution < 1.29 is 32.5 Å². The molecule has 1 heterocycles. The number of ether oxygens (including phenoxy) is 2. The van der Waals surface area contributed by atoms with E-state index in [0.29, 0.717) is 49.0 Å². The van der Waals surface area contributed by atoms with Gasteiger partial charge in [-0.05, 0) is 73.4 Å². The van der Waals surface area contributed by atoms with Crippen molar-refractivity contribution in [3.8, 4) is 16.9 Å². The number of hydrogen-bond acceptors (Lipinski definition) is 4. The van der Waals surface area contributed by atoms with Crippen molar-refractivity contribution in [1.29, 1.82) is 0 Å². The number of aliphatic hydroxyl groups excluding tert-OH is 1. The highest BCUT2D eigenvalue weighted by atomic mass is 19.2. The number of hydrogen-bond donors (Lipinski definition) is 1. The molecular weight excluding hydrogens is 469 g/mol. The summed E-state index contributed by atoms with van der Waals surface area (Å²) in [7, 11) is 0. The largest absolute Gasteiger partial charge is 0.423 e. The Bertz CT molecular complexity index is 1260. The van der Waals surface area contributed by atoms with Crippen LogP contribution in [0.1, 0.15) is 67.4 Å². The molecular formula is C29H27F3O4. The highest BCUT2D eigenvalue weighted by Gasteiger charge is 2.31. The Morgan fingerprint density at radius 1 is 0.972 bits per heavy atom. The first-order chi connectivity index (χ1) is 17.3. The average molecular weight is 497 g/mol. The van der Waals surface area contributed by atoms with Gasteiger partial charge in [0.15, 0.2) is 11.6 Å². The van der Waals surface area contributed by atoms with Crippen LogP contribution >= 0.6 is 0 Å². The van der Waals surface area contributed by atoms with Crippen molar-refractivity contribution in [2.45, 2.75) is 50.7 Å². The number of aliphatic hydroxyl groups is 1. The maximum absolute atomic E-state index is 14.8. The van der Waals surface area contributed by atoms with E-state index in [9.17, 15) is 23.1 Å². The minimum atomic E-state index is -1.22. The molecule has 0 amide bonds. The molecule has 1 saturated carbocycles. The fourth-order valence-electron chi connectivity index (χ4n) is 4.91. The molecule has 2 aliphatic rings. The van der Waals surface area contributed by atoms with Gasteiger partial charge in [-0.15, -0.1) is 0 Å². The standard InChI is InChI=1S/C29H27F3O4/c1-16(33)17-2-6-19(7-3-17)22-12-13-25(28(32)27(22)31)36-29(34)20-8-4-18(5-9-20)21-10-11-23(24(30)14-21)26-15-35-26/h2-3,6-7,10-14,16,18,20,26,33H,4-5,8-9,15H2,1H3. The third-order valence-electron chi connectivity index (χ3n) is 7.20. The summed E-state index contributed by atoms with van der Waals surface area (Å²) in [6.07, 6.45) is 1.60. The molecule has 36 heavy (non-hydrogen) atoms. The van der Waals surface area contributed by atoms with Crippen LogP contribution in [0.2, 0.25) is 0 Å². The molecule has 7 heteroatoms. The molecule has 0 radical (unpaired) electrons. The predicted molar refractivity (Wildman–Crippen MR) is 128 cm³/mol. The van der Waals surface area contributed by atoms with E-state index in [2.05, 4.69) is 0 Å². The summed E-state index contributed by atoms with van der Waals surface area (Å²) in [4.78, 5) is 12.7. The summed E-state index contributed by atoms with van der Waals surface area (Å²) in [6, 6.07) is 14.4. The van der Waals surface area contributed by atoms with Gasteiger partial charge in [0.05, 0.1) is 18.6 Å². The molecule has 2 atom stereocenters.